The number of carbonyl (C=O) groups is 2. The molecule has 0 bridgehead atoms. The Morgan fingerprint density at radius 2 is 2.20 bits per heavy atom. The van der Waals surface area contributed by atoms with E-state index in [2.05, 4.69) is 15.5 Å². The van der Waals surface area contributed by atoms with Crippen LogP contribution in [0.5, 0.6) is 0 Å². The first-order valence-corrected chi connectivity index (χ1v) is 6.02. The molecule has 0 aliphatic heterocycles. The van der Waals surface area contributed by atoms with Gasteiger partial charge in [-0.25, -0.2) is 0 Å². The predicted molar refractivity (Wildman–Crippen MR) is 70.4 cm³/mol. The normalized spacial score (nSPS) is 10.5. The molecule has 0 unspecified atom stereocenters. The van der Waals surface area contributed by atoms with Gasteiger partial charge in [0.05, 0.1) is 24.3 Å². The van der Waals surface area contributed by atoms with Gasteiger partial charge in [-0.15, -0.1) is 0 Å². The molecular formula is C12H15N5O3. The number of aryl methyl sites for hydroxylation is 3. The third kappa shape index (κ3) is 3.02. The summed E-state index contributed by atoms with van der Waals surface area (Å²) in [4.78, 5) is 22.7. The summed E-state index contributed by atoms with van der Waals surface area (Å²) in [5.41, 5.74) is 1.63. The summed E-state index contributed by atoms with van der Waals surface area (Å²) >= 11 is 0. The van der Waals surface area contributed by atoms with E-state index in [0.717, 1.165) is 0 Å². The molecule has 0 saturated heterocycles. The van der Waals surface area contributed by atoms with Crippen molar-refractivity contribution in [2.45, 2.75) is 19.9 Å². The Morgan fingerprint density at radius 1 is 1.45 bits per heavy atom. The van der Waals surface area contributed by atoms with Gasteiger partial charge in [-0.2, -0.15) is 10.2 Å². The van der Waals surface area contributed by atoms with Crippen LogP contribution >= 0.6 is 0 Å². The second-order valence-electron chi connectivity index (χ2n) is 4.34. The van der Waals surface area contributed by atoms with Crippen molar-refractivity contribution in [3.8, 4) is 0 Å². The van der Waals surface area contributed by atoms with E-state index in [9.17, 15) is 9.59 Å². The predicted octanol–water partition coefficient (Wildman–Crippen LogP) is 0.652. The van der Waals surface area contributed by atoms with Crippen LogP contribution in [0.15, 0.2) is 18.5 Å². The maximum Gasteiger partial charge on any atom is 0.305 e. The van der Waals surface area contributed by atoms with E-state index in [1.54, 1.807) is 30.9 Å². The van der Waals surface area contributed by atoms with Gasteiger partial charge in [0, 0.05) is 19.4 Å². The highest BCUT2D eigenvalue weighted by Gasteiger charge is 2.15. The standard InChI is InChI=1S/C12H15N5O3/c1-8-9(7-16(2)15-8)14-12(20)10-3-5-13-17(10)6-4-11(18)19/h3,5,7H,4,6H2,1-2H3,(H,14,20)(H,18,19). The molecule has 2 aromatic rings. The number of carboxylic acid groups (broad SMARTS) is 1. The van der Waals surface area contributed by atoms with Crippen LogP contribution in [-0.4, -0.2) is 36.5 Å². The zero-order chi connectivity index (χ0) is 14.7. The minimum absolute atomic E-state index is 0.0894. The molecule has 0 fully saturated rings. The van der Waals surface area contributed by atoms with Crippen LogP contribution in [0, 0.1) is 6.92 Å². The number of anilines is 1. The molecule has 0 aliphatic rings. The van der Waals surface area contributed by atoms with E-state index in [0.29, 0.717) is 17.1 Å². The van der Waals surface area contributed by atoms with Gasteiger partial charge in [-0.3, -0.25) is 19.0 Å². The van der Waals surface area contributed by atoms with Crippen LogP contribution in [0.25, 0.3) is 0 Å². The second-order valence-corrected chi connectivity index (χ2v) is 4.34. The van der Waals surface area contributed by atoms with E-state index in [1.807, 2.05) is 0 Å². The highest BCUT2D eigenvalue weighted by molar-refractivity contribution is 6.03. The fourth-order valence-electron chi connectivity index (χ4n) is 1.81. The molecule has 106 valence electrons. The first kappa shape index (κ1) is 13.8. The van der Waals surface area contributed by atoms with Crippen LogP contribution in [-0.2, 0) is 18.4 Å². The zero-order valence-corrected chi connectivity index (χ0v) is 11.2. The van der Waals surface area contributed by atoms with Crippen LogP contribution in [0.3, 0.4) is 0 Å². The van der Waals surface area contributed by atoms with Crippen molar-refractivity contribution in [1.29, 1.82) is 0 Å². The van der Waals surface area contributed by atoms with Gasteiger partial charge in [0.2, 0.25) is 0 Å². The minimum Gasteiger partial charge on any atom is -0.481 e. The Bertz CT molecular complexity index is 643. The molecule has 0 radical (unpaired) electrons. The number of hydrogen-bond acceptors (Lipinski definition) is 4. The summed E-state index contributed by atoms with van der Waals surface area (Å²) in [6.07, 6.45) is 3.08. The number of nitrogens with zero attached hydrogens (tertiary/aromatic N) is 4. The number of amides is 1. The van der Waals surface area contributed by atoms with Gasteiger partial charge < -0.3 is 10.4 Å². The third-order valence-corrected chi connectivity index (χ3v) is 2.75. The van der Waals surface area contributed by atoms with Crippen molar-refractivity contribution in [2.24, 2.45) is 7.05 Å². The first-order valence-electron chi connectivity index (χ1n) is 6.02. The van der Waals surface area contributed by atoms with Crippen LogP contribution in [0.4, 0.5) is 5.69 Å². The Kier molecular flexibility index (Phi) is 3.83. The lowest BCUT2D eigenvalue weighted by Gasteiger charge is -2.06. The lowest BCUT2D eigenvalue weighted by molar-refractivity contribution is -0.137. The monoisotopic (exact) mass is 277 g/mol. The molecule has 2 aromatic heterocycles. The number of hydrogen-bond donors (Lipinski definition) is 2. The molecule has 8 nitrogen and oxygen atoms in total. The fourth-order valence-corrected chi connectivity index (χ4v) is 1.81. The van der Waals surface area contributed by atoms with Crippen molar-refractivity contribution in [1.82, 2.24) is 19.6 Å². The molecule has 2 heterocycles. The third-order valence-electron chi connectivity index (χ3n) is 2.75. The van der Waals surface area contributed by atoms with Gasteiger partial charge in [0.1, 0.15) is 5.69 Å². The largest absolute Gasteiger partial charge is 0.481 e. The molecular weight excluding hydrogens is 262 g/mol. The highest BCUT2D eigenvalue weighted by atomic mass is 16.4. The SMILES string of the molecule is Cc1nn(C)cc1NC(=O)c1ccnn1CCC(=O)O. The molecule has 0 atom stereocenters. The Labute approximate surface area is 115 Å². The Balaban J connectivity index is 2.11. The zero-order valence-electron chi connectivity index (χ0n) is 11.2. The fraction of sp³-hybridized carbons (Fsp3) is 0.333. The molecule has 2 rings (SSSR count). The lowest BCUT2D eigenvalue weighted by atomic mass is 10.3. The summed E-state index contributed by atoms with van der Waals surface area (Å²) in [6, 6.07) is 1.54. The van der Waals surface area contributed by atoms with Gasteiger partial charge in [-0.1, -0.05) is 0 Å². The van der Waals surface area contributed by atoms with E-state index in [4.69, 9.17) is 5.11 Å². The van der Waals surface area contributed by atoms with Crippen molar-refractivity contribution in [2.75, 3.05) is 5.32 Å². The summed E-state index contributed by atoms with van der Waals surface area (Å²) in [5, 5.41) is 19.5. The molecule has 8 heteroatoms. The minimum atomic E-state index is -0.935. The van der Waals surface area contributed by atoms with E-state index >= 15 is 0 Å². The molecule has 1 amide bonds. The highest BCUT2D eigenvalue weighted by Crippen LogP contribution is 2.13. The maximum atomic E-state index is 12.1. The second kappa shape index (κ2) is 5.55. The molecule has 20 heavy (non-hydrogen) atoms. The van der Waals surface area contributed by atoms with Gasteiger partial charge in [0.15, 0.2) is 0 Å². The number of nitrogens with one attached hydrogen (secondary N) is 1. The van der Waals surface area contributed by atoms with Crippen molar-refractivity contribution >= 4 is 17.6 Å². The molecule has 0 aromatic carbocycles. The van der Waals surface area contributed by atoms with Gasteiger partial charge in [-0.05, 0) is 13.0 Å². The average molecular weight is 277 g/mol. The van der Waals surface area contributed by atoms with Crippen LogP contribution in [0.2, 0.25) is 0 Å². The van der Waals surface area contributed by atoms with Crippen LogP contribution in [0.1, 0.15) is 22.6 Å². The lowest BCUT2D eigenvalue weighted by Crippen LogP contribution is -2.19. The summed E-state index contributed by atoms with van der Waals surface area (Å²) in [5.74, 6) is -1.28. The van der Waals surface area contributed by atoms with Gasteiger partial charge >= 0.3 is 5.97 Å². The molecule has 0 saturated carbocycles. The van der Waals surface area contributed by atoms with Crippen molar-refractivity contribution in [3.05, 3.63) is 29.8 Å². The van der Waals surface area contributed by atoms with Gasteiger partial charge in [0.25, 0.3) is 5.91 Å². The van der Waals surface area contributed by atoms with Crippen LogP contribution < -0.4 is 5.32 Å². The smallest absolute Gasteiger partial charge is 0.305 e. The van der Waals surface area contributed by atoms with Crippen molar-refractivity contribution in [3.63, 3.8) is 0 Å². The maximum absolute atomic E-state index is 12.1. The molecule has 2 N–H and O–H groups in total. The number of rotatable bonds is 5. The number of aromatic nitrogens is 4. The van der Waals surface area contributed by atoms with E-state index in [-0.39, 0.29) is 18.9 Å². The average Bonchev–Trinajstić information content (AvgIpc) is 2.94. The summed E-state index contributed by atoms with van der Waals surface area (Å²) in [6.45, 7) is 1.94. The Morgan fingerprint density at radius 3 is 2.80 bits per heavy atom. The topological polar surface area (TPSA) is 102 Å². The number of carboxylic acids is 1. The number of aliphatic carboxylic acids is 1. The van der Waals surface area contributed by atoms with Crippen molar-refractivity contribution < 1.29 is 14.7 Å². The Hall–Kier alpha value is -2.64. The van der Waals surface area contributed by atoms with E-state index in [1.165, 1.54) is 10.9 Å². The van der Waals surface area contributed by atoms with E-state index < -0.39 is 5.97 Å². The first-order chi connectivity index (χ1) is 9.47. The number of carbonyl (C=O) groups excluding carboxylic acids is 1. The molecule has 0 spiro atoms. The summed E-state index contributed by atoms with van der Waals surface area (Å²) in [7, 11) is 1.76. The molecule has 0 aliphatic carbocycles. The summed E-state index contributed by atoms with van der Waals surface area (Å²) < 4.78 is 2.97. The quantitative estimate of drug-likeness (QED) is 0.835.